The van der Waals surface area contributed by atoms with Crippen LogP contribution in [0.2, 0.25) is 0 Å². The van der Waals surface area contributed by atoms with E-state index in [4.69, 9.17) is 0 Å². The molecule has 0 aliphatic carbocycles. The Kier molecular flexibility index (Phi) is 4.54. The maximum Gasteiger partial charge on any atom is 0.283 e. The molecule has 0 spiro atoms. The summed E-state index contributed by atoms with van der Waals surface area (Å²) < 4.78 is 1.91. The van der Waals surface area contributed by atoms with Crippen LogP contribution in [0.4, 0.5) is 5.69 Å². The highest BCUT2D eigenvalue weighted by molar-refractivity contribution is 9.10. The number of nitrogens with one attached hydrogen (secondary N) is 2. The fraction of sp³-hybridized carbons (Fsp3) is 0.500. The van der Waals surface area contributed by atoms with Crippen molar-refractivity contribution in [1.82, 2.24) is 15.1 Å². The van der Waals surface area contributed by atoms with Crippen molar-refractivity contribution in [2.45, 2.75) is 13.0 Å². The predicted molar refractivity (Wildman–Crippen MR) is 75.9 cm³/mol. The largest absolute Gasteiger partial charge is 0.382 e. The SMILES string of the molecule is C=CCn1ncc(NCC2CCNC2)c(Br)c1=O. The average Bonchev–Trinajstić information content (AvgIpc) is 2.87. The third-order valence-electron chi connectivity index (χ3n) is 3.03. The normalized spacial score (nSPS) is 18.8. The molecule has 1 unspecified atom stereocenters. The summed E-state index contributed by atoms with van der Waals surface area (Å²) in [5, 5.41) is 10.7. The molecule has 5 nitrogen and oxygen atoms in total. The third-order valence-corrected chi connectivity index (χ3v) is 3.80. The summed E-state index contributed by atoms with van der Waals surface area (Å²) in [7, 11) is 0. The van der Waals surface area contributed by atoms with Gasteiger partial charge in [0.15, 0.2) is 0 Å². The Morgan fingerprint density at radius 2 is 2.56 bits per heavy atom. The minimum absolute atomic E-state index is 0.135. The topological polar surface area (TPSA) is 59.0 Å². The van der Waals surface area contributed by atoms with E-state index in [-0.39, 0.29) is 5.56 Å². The number of hydrogen-bond acceptors (Lipinski definition) is 4. The van der Waals surface area contributed by atoms with Crippen LogP contribution in [-0.4, -0.2) is 29.4 Å². The number of hydrogen-bond donors (Lipinski definition) is 2. The second-order valence-corrected chi connectivity index (χ2v) is 5.18. The smallest absolute Gasteiger partial charge is 0.283 e. The van der Waals surface area contributed by atoms with Crippen molar-refractivity contribution in [1.29, 1.82) is 0 Å². The number of aromatic nitrogens is 2. The fourth-order valence-corrected chi connectivity index (χ4v) is 2.43. The van der Waals surface area contributed by atoms with Crippen LogP contribution in [0, 0.1) is 5.92 Å². The lowest BCUT2D eigenvalue weighted by Crippen LogP contribution is -2.25. The van der Waals surface area contributed by atoms with Gasteiger partial charge in [0.1, 0.15) is 4.47 Å². The van der Waals surface area contributed by atoms with E-state index in [1.807, 2.05) is 0 Å². The highest BCUT2D eigenvalue weighted by atomic mass is 79.9. The molecule has 2 heterocycles. The molecule has 18 heavy (non-hydrogen) atoms. The molecule has 2 N–H and O–H groups in total. The Morgan fingerprint density at radius 3 is 3.22 bits per heavy atom. The Labute approximate surface area is 114 Å². The molecule has 1 aliphatic heterocycles. The standard InChI is InChI=1S/C12H17BrN4O/c1-2-5-17-12(18)11(13)10(8-16-17)15-7-9-3-4-14-6-9/h2,8-9,14-15H,1,3-7H2. The molecule has 2 rings (SSSR count). The van der Waals surface area contributed by atoms with Gasteiger partial charge in [0.05, 0.1) is 18.4 Å². The highest BCUT2D eigenvalue weighted by Crippen LogP contribution is 2.17. The van der Waals surface area contributed by atoms with E-state index in [1.54, 1.807) is 12.3 Å². The summed E-state index contributed by atoms with van der Waals surface area (Å²) >= 11 is 3.32. The van der Waals surface area contributed by atoms with Gasteiger partial charge in [0, 0.05) is 6.54 Å². The monoisotopic (exact) mass is 312 g/mol. The van der Waals surface area contributed by atoms with Crippen molar-refractivity contribution in [3.8, 4) is 0 Å². The quantitative estimate of drug-likeness (QED) is 0.803. The van der Waals surface area contributed by atoms with Gasteiger partial charge in [0.25, 0.3) is 5.56 Å². The van der Waals surface area contributed by atoms with Crippen LogP contribution < -0.4 is 16.2 Å². The van der Waals surface area contributed by atoms with Gasteiger partial charge in [-0.05, 0) is 41.4 Å². The molecule has 1 aliphatic rings. The first-order valence-corrected chi connectivity index (χ1v) is 6.82. The molecule has 6 heteroatoms. The summed E-state index contributed by atoms with van der Waals surface area (Å²) in [6.45, 7) is 6.99. The van der Waals surface area contributed by atoms with Crippen LogP contribution >= 0.6 is 15.9 Å². The van der Waals surface area contributed by atoms with Gasteiger partial charge in [-0.25, -0.2) is 4.68 Å². The minimum atomic E-state index is -0.135. The van der Waals surface area contributed by atoms with Gasteiger partial charge >= 0.3 is 0 Å². The van der Waals surface area contributed by atoms with Crippen molar-refractivity contribution < 1.29 is 0 Å². The molecule has 0 aromatic carbocycles. The molecule has 98 valence electrons. The lowest BCUT2D eigenvalue weighted by Gasteiger charge is -2.12. The molecule has 0 radical (unpaired) electrons. The fourth-order valence-electron chi connectivity index (χ4n) is 1.98. The predicted octanol–water partition coefficient (Wildman–Crippen LogP) is 1.21. The Morgan fingerprint density at radius 1 is 1.72 bits per heavy atom. The van der Waals surface area contributed by atoms with E-state index in [9.17, 15) is 4.79 Å². The van der Waals surface area contributed by atoms with Gasteiger partial charge in [-0.3, -0.25) is 4.79 Å². The molecule has 0 amide bonds. The number of nitrogens with zero attached hydrogens (tertiary/aromatic N) is 2. The Bertz CT molecular complexity index is 479. The van der Waals surface area contributed by atoms with Crippen molar-refractivity contribution in [3.63, 3.8) is 0 Å². The van der Waals surface area contributed by atoms with Crippen LogP contribution in [0.5, 0.6) is 0 Å². The first kappa shape index (κ1) is 13.3. The molecule has 1 aromatic heterocycles. The lowest BCUT2D eigenvalue weighted by molar-refractivity contribution is 0.611. The second-order valence-electron chi connectivity index (χ2n) is 4.39. The van der Waals surface area contributed by atoms with Crippen molar-refractivity contribution in [3.05, 3.63) is 33.7 Å². The van der Waals surface area contributed by atoms with Crippen LogP contribution in [0.25, 0.3) is 0 Å². The summed E-state index contributed by atoms with van der Waals surface area (Å²) in [4.78, 5) is 11.9. The number of anilines is 1. The molecular formula is C12H17BrN4O. The van der Waals surface area contributed by atoms with Crippen LogP contribution in [0.1, 0.15) is 6.42 Å². The van der Waals surface area contributed by atoms with Gasteiger partial charge in [0.2, 0.25) is 0 Å². The molecular weight excluding hydrogens is 296 g/mol. The zero-order valence-corrected chi connectivity index (χ0v) is 11.7. The van der Waals surface area contributed by atoms with E-state index < -0.39 is 0 Å². The summed E-state index contributed by atoms with van der Waals surface area (Å²) in [6, 6.07) is 0. The van der Waals surface area contributed by atoms with Crippen LogP contribution in [0.15, 0.2) is 28.1 Å². The van der Waals surface area contributed by atoms with Gasteiger partial charge in [-0.1, -0.05) is 6.08 Å². The maximum atomic E-state index is 11.9. The molecule has 0 bridgehead atoms. The van der Waals surface area contributed by atoms with Crippen LogP contribution in [0.3, 0.4) is 0 Å². The van der Waals surface area contributed by atoms with E-state index in [0.29, 0.717) is 16.9 Å². The molecule has 0 saturated carbocycles. The molecule has 1 aromatic rings. The number of halogens is 1. The van der Waals surface area contributed by atoms with Crippen molar-refractivity contribution >= 4 is 21.6 Å². The Balaban J connectivity index is 2.06. The van der Waals surface area contributed by atoms with Crippen molar-refractivity contribution in [2.75, 3.05) is 25.0 Å². The molecule has 1 fully saturated rings. The number of rotatable bonds is 5. The maximum absolute atomic E-state index is 11.9. The van der Waals surface area contributed by atoms with Crippen molar-refractivity contribution in [2.24, 2.45) is 5.92 Å². The zero-order chi connectivity index (χ0) is 13.0. The van der Waals surface area contributed by atoms with E-state index >= 15 is 0 Å². The zero-order valence-electron chi connectivity index (χ0n) is 10.2. The molecule has 1 saturated heterocycles. The minimum Gasteiger partial charge on any atom is -0.382 e. The summed E-state index contributed by atoms with van der Waals surface area (Å²) in [6.07, 6.45) is 4.50. The van der Waals surface area contributed by atoms with Gasteiger partial charge in [-0.2, -0.15) is 5.10 Å². The average molecular weight is 313 g/mol. The first-order valence-electron chi connectivity index (χ1n) is 6.03. The van der Waals surface area contributed by atoms with E-state index in [1.165, 1.54) is 11.1 Å². The van der Waals surface area contributed by atoms with Gasteiger partial charge < -0.3 is 10.6 Å². The second kappa shape index (κ2) is 6.15. The Hall–Kier alpha value is -1.14. The van der Waals surface area contributed by atoms with Crippen LogP contribution in [-0.2, 0) is 6.54 Å². The van der Waals surface area contributed by atoms with E-state index in [2.05, 4.69) is 38.2 Å². The van der Waals surface area contributed by atoms with E-state index in [0.717, 1.165) is 25.3 Å². The lowest BCUT2D eigenvalue weighted by atomic mass is 10.1. The third kappa shape index (κ3) is 3.00. The summed E-state index contributed by atoms with van der Waals surface area (Å²) in [5.74, 6) is 0.618. The molecule has 1 atom stereocenters. The first-order chi connectivity index (χ1) is 8.72. The summed E-state index contributed by atoms with van der Waals surface area (Å²) in [5.41, 5.74) is 0.622. The number of allylic oxidation sites excluding steroid dienone is 1. The van der Waals surface area contributed by atoms with Gasteiger partial charge in [-0.15, -0.1) is 6.58 Å². The highest BCUT2D eigenvalue weighted by Gasteiger charge is 2.15.